The number of rotatable bonds is 8. The molecule has 0 saturated carbocycles. The molecule has 3 aromatic carbocycles. The van der Waals surface area contributed by atoms with E-state index in [0.717, 1.165) is 23.3 Å². The molecule has 2 N–H and O–H groups in total. The van der Waals surface area contributed by atoms with E-state index in [1.54, 1.807) is 34.9 Å². The van der Waals surface area contributed by atoms with Gasteiger partial charge < -0.3 is 5.32 Å². The maximum atomic E-state index is 13.2. The van der Waals surface area contributed by atoms with Gasteiger partial charge in [-0.25, -0.2) is 8.42 Å². The van der Waals surface area contributed by atoms with Crippen LogP contribution in [0.1, 0.15) is 36.2 Å². The van der Waals surface area contributed by atoms with E-state index in [-0.39, 0.29) is 33.0 Å². The minimum atomic E-state index is -3.99. The molecule has 1 atom stereocenters. The molecule has 0 aliphatic rings. The number of thiazole rings is 1. The van der Waals surface area contributed by atoms with Gasteiger partial charge in [0.15, 0.2) is 0 Å². The number of fused-ring (bicyclic) bond motifs is 1. The van der Waals surface area contributed by atoms with Crippen molar-refractivity contribution in [3.63, 3.8) is 0 Å². The van der Waals surface area contributed by atoms with E-state index >= 15 is 0 Å². The number of carbonyl (C=O) groups is 1. The van der Waals surface area contributed by atoms with E-state index in [0.29, 0.717) is 16.8 Å². The van der Waals surface area contributed by atoms with Crippen molar-refractivity contribution in [3.05, 3.63) is 93.6 Å². The van der Waals surface area contributed by atoms with Crippen LogP contribution in [0.3, 0.4) is 0 Å². The number of hydrogen-bond donors (Lipinski definition) is 2. The van der Waals surface area contributed by atoms with Crippen LogP contribution in [0.5, 0.6) is 0 Å². The molecule has 4 rings (SSSR count). The average Bonchev–Trinajstić information content (AvgIpc) is 3.13. The summed E-state index contributed by atoms with van der Waals surface area (Å²) in [5.74, 6) is -0.348. The Balaban J connectivity index is 1.64. The Hall–Kier alpha value is -3.43. The van der Waals surface area contributed by atoms with E-state index in [1.165, 1.54) is 12.1 Å². The Bertz CT molecular complexity index is 1490. The first kappa shape index (κ1) is 23.7. The van der Waals surface area contributed by atoms with Gasteiger partial charge in [-0.2, -0.15) is 0 Å². The molecule has 0 aliphatic heterocycles. The van der Waals surface area contributed by atoms with Crippen LogP contribution >= 0.6 is 11.3 Å². The Labute approximate surface area is 202 Å². The summed E-state index contributed by atoms with van der Waals surface area (Å²) in [6.45, 7) is 4.25. The van der Waals surface area contributed by atoms with Crippen molar-refractivity contribution < 1.29 is 13.2 Å². The van der Waals surface area contributed by atoms with E-state index in [2.05, 4.69) is 10.0 Å². The predicted octanol–water partition coefficient (Wildman–Crippen LogP) is 4.44. The summed E-state index contributed by atoms with van der Waals surface area (Å²) < 4.78 is 31.1. The monoisotopic (exact) mass is 495 g/mol. The first-order valence-electron chi connectivity index (χ1n) is 10.9. The Kier molecular flexibility index (Phi) is 6.85. The van der Waals surface area contributed by atoms with Gasteiger partial charge in [0, 0.05) is 6.04 Å². The van der Waals surface area contributed by atoms with Crippen LogP contribution < -0.4 is 14.9 Å². The third kappa shape index (κ3) is 5.05. The molecule has 0 radical (unpaired) electrons. The van der Waals surface area contributed by atoms with E-state index in [1.807, 2.05) is 44.2 Å². The predicted molar refractivity (Wildman–Crippen MR) is 136 cm³/mol. The molecule has 9 heteroatoms. The third-order valence-corrected chi connectivity index (χ3v) is 7.84. The number of hydrogen-bond acceptors (Lipinski definition) is 5. The lowest BCUT2D eigenvalue weighted by atomic mass is 10.1. The molecule has 1 amide bonds. The quantitative estimate of drug-likeness (QED) is 0.378. The molecule has 1 aromatic heterocycles. The summed E-state index contributed by atoms with van der Waals surface area (Å²) >= 11 is 1.00. The first-order valence-corrected chi connectivity index (χ1v) is 13.2. The van der Waals surface area contributed by atoms with Gasteiger partial charge in [0.25, 0.3) is 15.9 Å². The van der Waals surface area contributed by atoms with Gasteiger partial charge in [0.05, 0.1) is 32.9 Å². The van der Waals surface area contributed by atoms with Gasteiger partial charge in [-0.15, -0.1) is 0 Å². The largest absolute Gasteiger partial charge is 0.350 e. The topological polar surface area (TPSA) is 97.3 Å². The normalized spacial score (nSPS) is 12.4. The fourth-order valence-electron chi connectivity index (χ4n) is 3.51. The van der Waals surface area contributed by atoms with Gasteiger partial charge >= 0.3 is 4.87 Å². The number of sulfonamides is 1. The van der Waals surface area contributed by atoms with Crippen molar-refractivity contribution in [1.29, 1.82) is 0 Å². The fourth-order valence-corrected chi connectivity index (χ4v) is 5.62. The highest BCUT2D eigenvalue weighted by Gasteiger charge is 2.21. The van der Waals surface area contributed by atoms with Crippen molar-refractivity contribution in [2.75, 3.05) is 4.72 Å². The molecule has 0 fully saturated rings. The lowest BCUT2D eigenvalue weighted by Gasteiger charge is -2.15. The number of aromatic nitrogens is 1. The summed E-state index contributed by atoms with van der Waals surface area (Å²) in [5, 5.41) is 2.86. The minimum Gasteiger partial charge on any atom is -0.350 e. The fraction of sp³-hybridized carbons (Fsp3) is 0.200. The molecule has 1 heterocycles. The number of para-hydroxylation sites is 1. The number of nitrogens with zero attached hydrogens (tertiary/aromatic N) is 1. The van der Waals surface area contributed by atoms with Crippen LogP contribution in [-0.4, -0.2) is 24.9 Å². The minimum absolute atomic E-state index is 0.0187. The summed E-state index contributed by atoms with van der Waals surface area (Å²) in [6, 6.07) is 20.7. The molecule has 0 aliphatic carbocycles. The van der Waals surface area contributed by atoms with E-state index in [4.69, 9.17) is 0 Å². The van der Waals surface area contributed by atoms with Crippen LogP contribution in [0.25, 0.3) is 10.2 Å². The van der Waals surface area contributed by atoms with Crippen molar-refractivity contribution in [3.8, 4) is 0 Å². The standard InChI is InChI=1S/C25H25N3O4S2/c1-3-17(2)26-24(29)20-11-7-8-12-21(20)27-34(31,32)19-13-14-22-23(15-19)33-25(30)28(22)16-18-9-5-4-6-10-18/h4-15,17,27H,3,16H2,1-2H3,(H,26,29)/t17-/m1/s1. The van der Waals surface area contributed by atoms with Gasteiger partial charge in [-0.05, 0) is 49.2 Å². The number of anilines is 1. The van der Waals surface area contributed by atoms with Crippen LogP contribution in [0, 0.1) is 0 Å². The van der Waals surface area contributed by atoms with Gasteiger partial charge in [0.1, 0.15) is 0 Å². The maximum Gasteiger partial charge on any atom is 0.308 e. The number of carbonyl (C=O) groups excluding carboxylic acids is 1. The van der Waals surface area contributed by atoms with Crippen LogP contribution in [-0.2, 0) is 16.6 Å². The van der Waals surface area contributed by atoms with E-state index in [9.17, 15) is 18.0 Å². The molecular formula is C25H25N3O4S2. The SMILES string of the molecule is CC[C@@H](C)NC(=O)c1ccccc1NS(=O)(=O)c1ccc2c(c1)sc(=O)n2Cc1ccccc1. The molecular weight excluding hydrogens is 470 g/mol. The van der Waals surface area contributed by atoms with Crippen molar-refractivity contribution in [2.45, 2.75) is 37.8 Å². The Morgan fingerprint density at radius 1 is 1.03 bits per heavy atom. The molecule has 34 heavy (non-hydrogen) atoms. The number of benzene rings is 3. The second-order valence-electron chi connectivity index (χ2n) is 8.00. The van der Waals surface area contributed by atoms with Crippen molar-refractivity contribution >= 4 is 43.2 Å². The Morgan fingerprint density at radius 2 is 1.74 bits per heavy atom. The van der Waals surface area contributed by atoms with Crippen LogP contribution in [0.4, 0.5) is 5.69 Å². The highest BCUT2D eigenvalue weighted by Crippen LogP contribution is 2.25. The van der Waals surface area contributed by atoms with Crippen molar-refractivity contribution in [2.24, 2.45) is 0 Å². The molecule has 0 bridgehead atoms. The van der Waals surface area contributed by atoms with Crippen LogP contribution in [0.2, 0.25) is 0 Å². The lowest BCUT2D eigenvalue weighted by Crippen LogP contribution is -2.32. The van der Waals surface area contributed by atoms with Crippen molar-refractivity contribution in [1.82, 2.24) is 9.88 Å². The van der Waals surface area contributed by atoms with Gasteiger partial charge in [-0.1, -0.05) is 60.7 Å². The molecule has 4 aromatic rings. The highest BCUT2D eigenvalue weighted by atomic mass is 32.2. The third-order valence-electron chi connectivity index (χ3n) is 5.54. The zero-order chi connectivity index (χ0) is 24.3. The lowest BCUT2D eigenvalue weighted by molar-refractivity contribution is 0.0940. The zero-order valence-electron chi connectivity index (χ0n) is 18.8. The second kappa shape index (κ2) is 9.82. The van der Waals surface area contributed by atoms with E-state index < -0.39 is 10.0 Å². The van der Waals surface area contributed by atoms with Gasteiger partial charge in [-0.3, -0.25) is 18.9 Å². The summed E-state index contributed by atoms with van der Waals surface area (Å²) in [4.78, 5) is 25.1. The molecule has 7 nitrogen and oxygen atoms in total. The summed E-state index contributed by atoms with van der Waals surface area (Å²) in [5.41, 5.74) is 2.09. The molecule has 0 spiro atoms. The first-order chi connectivity index (χ1) is 16.3. The zero-order valence-corrected chi connectivity index (χ0v) is 20.4. The van der Waals surface area contributed by atoms with Crippen LogP contribution in [0.15, 0.2) is 82.5 Å². The smallest absolute Gasteiger partial charge is 0.308 e. The number of nitrogens with one attached hydrogen (secondary N) is 2. The molecule has 176 valence electrons. The molecule has 0 saturated heterocycles. The Morgan fingerprint density at radius 3 is 2.47 bits per heavy atom. The number of amides is 1. The highest BCUT2D eigenvalue weighted by molar-refractivity contribution is 7.92. The maximum absolute atomic E-state index is 13.2. The second-order valence-corrected chi connectivity index (χ2v) is 10.7. The molecule has 0 unspecified atom stereocenters. The van der Waals surface area contributed by atoms with Gasteiger partial charge in [0.2, 0.25) is 0 Å². The summed E-state index contributed by atoms with van der Waals surface area (Å²) in [6.07, 6.45) is 0.756. The average molecular weight is 496 g/mol. The summed E-state index contributed by atoms with van der Waals surface area (Å²) in [7, 11) is -3.99.